The van der Waals surface area contributed by atoms with Crippen molar-refractivity contribution in [2.45, 2.75) is 59.5 Å². The molecule has 2 atom stereocenters. The van der Waals surface area contributed by atoms with Gasteiger partial charge in [0.2, 0.25) is 0 Å². The van der Waals surface area contributed by atoms with Crippen LogP contribution in [0.25, 0.3) is 0 Å². The second-order valence-corrected chi connectivity index (χ2v) is 4.61. The lowest BCUT2D eigenvalue weighted by molar-refractivity contribution is 0.486. The van der Waals surface area contributed by atoms with Gasteiger partial charge in [0.25, 0.3) is 0 Å². The minimum atomic E-state index is 0.502. The molecule has 0 fully saturated rings. The van der Waals surface area contributed by atoms with Crippen molar-refractivity contribution in [2.75, 3.05) is 5.32 Å². The van der Waals surface area contributed by atoms with E-state index in [4.69, 9.17) is 0 Å². The molecule has 1 N–H and O–H groups in total. The molecule has 0 amide bonds. The van der Waals surface area contributed by atoms with Gasteiger partial charge in [-0.3, -0.25) is 0 Å². The fraction of sp³-hybridized carbons (Fsp3) is 0.769. The molecule has 0 saturated carbocycles. The fourth-order valence-corrected chi connectivity index (χ4v) is 1.67. The summed E-state index contributed by atoms with van der Waals surface area (Å²) < 4.78 is 2.07. The SMILES string of the molecule is CCCCn1nccc1NC(C)C(C)CC. The van der Waals surface area contributed by atoms with Crippen LogP contribution in [0.2, 0.25) is 0 Å². The molecule has 0 bridgehead atoms. The lowest BCUT2D eigenvalue weighted by atomic mass is 10.0. The Kier molecular flexibility index (Phi) is 5.36. The van der Waals surface area contributed by atoms with Gasteiger partial charge in [0.05, 0.1) is 6.20 Å². The van der Waals surface area contributed by atoms with Crippen LogP contribution in [-0.2, 0) is 6.54 Å². The minimum absolute atomic E-state index is 0.502. The Balaban J connectivity index is 2.55. The van der Waals surface area contributed by atoms with Gasteiger partial charge >= 0.3 is 0 Å². The molecule has 0 spiro atoms. The number of aryl methyl sites for hydroxylation is 1. The van der Waals surface area contributed by atoms with E-state index < -0.39 is 0 Å². The van der Waals surface area contributed by atoms with Crippen molar-refractivity contribution in [3.05, 3.63) is 12.3 Å². The Morgan fingerprint density at radius 2 is 2.12 bits per heavy atom. The van der Waals surface area contributed by atoms with Crippen LogP contribution in [0.3, 0.4) is 0 Å². The standard InChI is InChI=1S/C13H25N3/c1-5-7-10-16-13(8-9-14-16)15-12(4)11(3)6-2/h8-9,11-12,15H,5-7,10H2,1-4H3. The summed E-state index contributed by atoms with van der Waals surface area (Å²) in [7, 11) is 0. The first kappa shape index (κ1) is 13.1. The summed E-state index contributed by atoms with van der Waals surface area (Å²) in [4.78, 5) is 0. The summed E-state index contributed by atoms with van der Waals surface area (Å²) in [5.41, 5.74) is 0. The van der Waals surface area contributed by atoms with Gasteiger partial charge in [-0.1, -0.05) is 33.6 Å². The van der Waals surface area contributed by atoms with Crippen molar-refractivity contribution in [3.63, 3.8) is 0 Å². The fourth-order valence-electron chi connectivity index (χ4n) is 1.67. The summed E-state index contributed by atoms with van der Waals surface area (Å²) in [6.45, 7) is 9.98. The van der Waals surface area contributed by atoms with Crippen molar-refractivity contribution in [3.8, 4) is 0 Å². The number of rotatable bonds is 7. The summed E-state index contributed by atoms with van der Waals surface area (Å²) in [6.07, 6.45) is 5.48. The van der Waals surface area contributed by atoms with Gasteiger partial charge < -0.3 is 5.32 Å². The monoisotopic (exact) mass is 223 g/mol. The largest absolute Gasteiger partial charge is 0.368 e. The first-order valence-electron chi connectivity index (χ1n) is 6.47. The van der Waals surface area contributed by atoms with Crippen LogP contribution in [0.5, 0.6) is 0 Å². The molecular formula is C13H25N3. The third-order valence-electron chi connectivity index (χ3n) is 3.31. The smallest absolute Gasteiger partial charge is 0.124 e. The molecule has 0 saturated heterocycles. The highest BCUT2D eigenvalue weighted by molar-refractivity contribution is 5.35. The molecule has 1 aromatic heterocycles. The second kappa shape index (κ2) is 6.56. The van der Waals surface area contributed by atoms with Crippen molar-refractivity contribution < 1.29 is 0 Å². The van der Waals surface area contributed by atoms with Gasteiger partial charge in [0, 0.05) is 18.7 Å². The molecule has 0 aliphatic rings. The Labute approximate surface area is 99.2 Å². The van der Waals surface area contributed by atoms with Gasteiger partial charge in [-0.15, -0.1) is 0 Å². The predicted molar refractivity (Wildman–Crippen MR) is 69.7 cm³/mol. The highest BCUT2D eigenvalue weighted by Crippen LogP contribution is 2.15. The summed E-state index contributed by atoms with van der Waals surface area (Å²) in [5.74, 6) is 1.84. The molecule has 3 heteroatoms. The predicted octanol–water partition coefficient (Wildman–Crippen LogP) is 3.53. The first-order valence-corrected chi connectivity index (χ1v) is 6.47. The molecule has 1 heterocycles. The van der Waals surface area contributed by atoms with Crippen molar-refractivity contribution in [1.29, 1.82) is 0 Å². The van der Waals surface area contributed by atoms with E-state index in [0.29, 0.717) is 12.0 Å². The molecule has 0 aromatic carbocycles. The third-order valence-corrected chi connectivity index (χ3v) is 3.31. The number of aromatic nitrogens is 2. The van der Waals surface area contributed by atoms with Gasteiger partial charge in [-0.05, 0) is 19.3 Å². The number of anilines is 1. The molecule has 3 nitrogen and oxygen atoms in total. The Hall–Kier alpha value is -0.990. The summed E-state index contributed by atoms with van der Waals surface area (Å²) in [6, 6.07) is 2.57. The number of hydrogen-bond acceptors (Lipinski definition) is 2. The summed E-state index contributed by atoms with van der Waals surface area (Å²) >= 11 is 0. The molecule has 1 aromatic rings. The zero-order valence-electron chi connectivity index (χ0n) is 11.0. The van der Waals surface area contributed by atoms with Crippen molar-refractivity contribution >= 4 is 5.82 Å². The van der Waals surface area contributed by atoms with Gasteiger partial charge in [0.1, 0.15) is 5.82 Å². The van der Waals surface area contributed by atoms with E-state index >= 15 is 0 Å². The number of hydrogen-bond donors (Lipinski definition) is 1. The quantitative estimate of drug-likeness (QED) is 0.766. The van der Waals surface area contributed by atoms with Crippen LogP contribution in [0, 0.1) is 5.92 Å². The van der Waals surface area contributed by atoms with Crippen molar-refractivity contribution in [1.82, 2.24) is 9.78 Å². The van der Waals surface area contributed by atoms with Crippen LogP contribution in [0.1, 0.15) is 47.0 Å². The maximum Gasteiger partial charge on any atom is 0.124 e. The van der Waals surface area contributed by atoms with Crippen LogP contribution in [-0.4, -0.2) is 15.8 Å². The van der Waals surface area contributed by atoms with E-state index in [1.165, 1.54) is 19.3 Å². The molecule has 0 radical (unpaired) electrons. The zero-order chi connectivity index (χ0) is 12.0. The molecular weight excluding hydrogens is 198 g/mol. The van der Waals surface area contributed by atoms with Crippen LogP contribution in [0.15, 0.2) is 12.3 Å². The molecule has 2 unspecified atom stereocenters. The maximum atomic E-state index is 4.35. The van der Waals surface area contributed by atoms with E-state index in [2.05, 4.69) is 48.9 Å². The van der Waals surface area contributed by atoms with Crippen LogP contribution >= 0.6 is 0 Å². The van der Waals surface area contributed by atoms with E-state index in [9.17, 15) is 0 Å². The van der Waals surface area contributed by atoms with E-state index in [0.717, 1.165) is 12.4 Å². The molecule has 0 aliphatic heterocycles. The second-order valence-electron chi connectivity index (χ2n) is 4.61. The molecule has 92 valence electrons. The number of unbranched alkanes of at least 4 members (excludes halogenated alkanes) is 1. The van der Waals surface area contributed by atoms with E-state index in [1.807, 2.05) is 6.20 Å². The molecule has 0 aliphatic carbocycles. The van der Waals surface area contributed by atoms with E-state index in [-0.39, 0.29) is 0 Å². The van der Waals surface area contributed by atoms with Crippen molar-refractivity contribution in [2.24, 2.45) is 5.92 Å². The number of nitrogens with zero attached hydrogens (tertiary/aromatic N) is 2. The third kappa shape index (κ3) is 3.54. The molecule has 16 heavy (non-hydrogen) atoms. The Bertz CT molecular complexity index is 293. The van der Waals surface area contributed by atoms with E-state index in [1.54, 1.807) is 0 Å². The average Bonchev–Trinajstić information content (AvgIpc) is 2.72. The number of nitrogens with one attached hydrogen (secondary N) is 1. The molecule has 1 rings (SSSR count). The lowest BCUT2D eigenvalue weighted by Gasteiger charge is -2.21. The van der Waals surface area contributed by atoms with Crippen LogP contribution in [0.4, 0.5) is 5.82 Å². The maximum absolute atomic E-state index is 4.35. The first-order chi connectivity index (χ1) is 7.69. The highest BCUT2D eigenvalue weighted by Gasteiger charge is 2.11. The average molecular weight is 223 g/mol. The highest BCUT2D eigenvalue weighted by atomic mass is 15.3. The topological polar surface area (TPSA) is 29.9 Å². The summed E-state index contributed by atoms with van der Waals surface area (Å²) in [5, 5.41) is 7.90. The normalized spacial score (nSPS) is 14.8. The Morgan fingerprint density at radius 1 is 1.38 bits per heavy atom. The van der Waals surface area contributed by atoms with Gasteiger partial charge in [0.15, 0.2) is 0 Å². The lowest BCUT2D eigenvalue weighted by Crippen LogP contribution is -2.25. The minimum Gasteiger partial charge on any atom is -0.368 e. The zero-order valence-corrected chi connectivity index (χ0v) is 11.0. The van der Waals surface area contributed by atoms with Gasteiger partial charge in [-0.2, -0.15) is 5.10 Å². The Morgan fingerprint density at radius 3 is 2.75 bits per heavy atom. The van der Waals surface area contributed by atoms with Crippen LogP contribution < -0.4 is 5.32 Å². The van der Waals surface area contributed by atoms with Gasteiger partial charge in [-0.25, -0.2) is 4.68 Å².